The van der Waals surface area contributed by atoms with E-state index in [0.29, 0.717) is 17.9 Å². The maximum atomic E-state index is 13.7. The highest BCUT2D eigenvalue weighted by Crippen LogP contribution is 2.30. The highest BCUT2D eigenvalue weighted by molar-refractivity contribution is 9.10. The number of ether oxygens (including phenoxy) is 1. The molecular weight excluding hydrogens is 333 g/mol. The summed E-state index contributed by atoms with van der Waals surface area (Å²) in [5, 5.41) is 0.0901. The number of benzene rings is 2. The van der Waals surface area contributed by atoms with Crippen molar-refractivity contribution in [2.75, 3.05) is 0 Å². The van der Waals surface area contributed by atoms with E-state index in [9.17, 15) is 4.39 Å². The van der Waals surface area contributed by atoms with E-state index in [2.05, 4.69) is 15.9 Å². The van der Waals surface area contributed by atoms with Gasteiger partial charge in [-0.1, -0.05) is 35.9 Å². The Morgan fingerprint density at radius 1 is 1.16 bits per heavy atom. The average molecular weight is 345 g/mol. The topological polar surface area (TPSA) is 35.2 Å². The van der Waals surface area contributed by atoms with Gasteiger partial charge in [0.25, 0.3) is 0 Å². The Kier molecular flexibility index (Phi) is 4.80. The number of para-hydroxylation sites is 1. The van der Waals surface area contributed by atoms with Crippen LogP contribution in [-0.2, 0) is 13.2 Å². The summed E-state index contributed by atoms with van der Waals surface area (Å²) in [6, 6.07) is 10.4. The van der Waals surface area contributed by atoms with Crippen molar-refractivity contribution >= 4 is 27.5 Å². The van der Waals surface area contributed by atoms with Gasteiger partial charge in [0.1, 0.15) is 18.2 Å². The van der Waals surface area contributed by atoms with Crippen molar-refractivity contribution in [2.45, 2.75) is 13.2 Å². The molecule has 2 rings (SSSR count). The molecule has 0 amide bonds. The van der Waals surface area contributed by atoms with Crippen LogP contribution < -0.4 is 10.5 Å². The van der Waals surface area contributed by atoms with Crippen LogP contribution in [0.1, 0.15) is 11.1 Å². The molecule has 100 valence electrons. The SMILES string of the molecule is NCc1cccc(Br)c1OCc1cccc(Cl)c1F. The fourth-order valence-electron chi connectivity index (χ4n) is 1.69. The molecule has 19 heavy (non-hydrogen) atoms. The minimum Gasteiger partial charge on any atom is -0.487 e. The Morgan fingerprint density at radius 3 is 2.58 bits per heavy atom. The zero-order valence-corrected chi connectivity index (χ0v) is 12.3. The second-order valence-electron chi connectivity index (χ2n) is 3.93. The van der Waals surface area contributed by atoms with E-state index < -0.39 is 5.82 Å². The van der Waals surface area contributed by atoms with Crippen LogP contribution in [-0.4, -0.2) is 0 Å². The van der Waals surface area contributed by atoms with Crippen LogP contribution >= 0.6 is 27.5 Å². The first-order chi connectivity index (χ1) is 9.13. The number of hydrogen-bond donors (Lipinski definition) is 1. The highest BCUT2D eigenvalue weighted by atomic mass is 79.9. The summed E-state index contributed by atoms with van der Waals surface area (Å²) in [5.74, 6) is 0.176. The number of nitrogens with two attached hydrogens (primary N) is 1. The summed E-state index contributed by atoms with van der Waals surface area (Å²) < 4.78 is 20.2. The molecule has 2 aromatic carbocycles. The Labute approximate surface area is 124 Å². The smallest absolute Gasteiger partial charge is 0.148 e. The first-order valence-corrected chi connectivity index (χ1v) is 6.83. The molecule has 0 aliphatic rings. The molecule has 2 nitrogen and oxygen atoms in total. The molecule has 0 aliphatic carbocycles. The second-order valence-corrected chi connectivity index (χ2v) is 5.20. The van der Waals surface area contributed by atoms with Crippen LogP contribution in [0.15, 0.2) is 40.9 Å². The van der Waals surface area contributed by atoms with Gasteiger partial charge in [0.15, 0.2) is 0 Å². The van der Waals surface area contributed by atoms with E-state index in [1.54, 1.807) is 12.1 Å². The molecule has 0 bridgehead atoms. The molecular formula is C14H12BrClFNO. The van der Waals surface area contributed by atoms with Gasteiger partial charge >= 0.3 is 0 Å². The number of rotatable bonds is 4. The van der Waals surface area contributed by atoms with Gasteiger partial charge < -0.3 is 10.5 Å². The molecule has 0 aromatic heterocycles. The lowest BCUT2D eigenvalue weighted by molar-refractivity contribution is 0.295. The predicted octanol–water partition coefficient (Wildman–Crippen LogP) is 4.28. The van der Waals surface area contributed by atoms with Crippen molar-refractivity contribution in [2.24, 2.45) is 5.73 Å². The minimum absolute atomic E-state index is 0.0901. The lowest BCUT2D eigenvalue weighted by atomic mass is 10.2. The molecule has 0 saturated heterocycles. The first kappa shape index (κ1) is 14.3. The van der Waals surface area contributed by atoms with Gasteiger partial charge in [0, 0.05) is 17.7 Å². The Bertz CT molecular complexity index is 592. The van der Waals surface area contributed by atoms with Crippen molar-refractivity contribution < 1.29 is 9.13 Å². The fourth-order valence-corrected chi connectivity index (χ4v) is 2.40. The van der Waals surface area contributed by atoms with Crippen molar-refractivity contribution in [1.29, 1.82) is 0 Å². The second kappa shape index (κ2) is 6.37. The third-order valence-electron chi connectivity index (χ3n) is 2.67. The molecule has 0 radical (unpaired) electrons. The summed E-state index contributed by atoms with van der Waals surface area (Å²) in [4.78, 5) is 0. The molecule has 0 atom stereocenters. The Morgan fingerprint density at radius 2 is 1.84 bits per heavy atom. The molecule has 0 aliphatic heterocycles. The fraction of sp³-hybridized carbons (Fsp3) is 0.143. The highest BCUT2D eigenvalue weighted by Gasteiger charge is 2.10. The minimum atomic E-state index is -0.453. The molecule has 0 heterocycles. The monoisotopic (exact) mass is 343 g/mol. The van der Waals surface area contributed by atoms with E-state index in [-0.39, 0.29) is 11.6 Å². The summed E-state index contributed by atoms with van der Waals surface area (Å²) >= 11 is 9.12. The predicted molar refractivity (Wildman–Crippen MR) is 77.8 cm³/mol. The van der Waals surface area contributed by atoms with Crippen LogP contribution in [0.25, 0.3) is 0 Å². The van der Waals surface area contributed by atoms with Gasteiger partial charge in [-0.3, -0.25) is 0 Å². The van der Waals surface area contributed by atoms with Crippen molar-refractivity contribution in [3.05, 3.63) is 62.8 Å². The lowest BCUT2D eigenvalue weighted by Gasteiger charge is -2.13. The van der Waals surface area contributed by atoms with E-state index in [1.165, 1.54) is 6.07 Å². The molecule has 0 unspecified atom stereocenters. The quantitative estimate of drug-likeness (QED) is 0.898. The molecule has 0 saturated carbocycles. The third-order valence-corrected chi connectivity index (χ3v) is 3.59. The third kappa shape index (κ3) is 3.26. The lowest BCUT2D eigenvalue weighted by Crippen LogP contribution is -2.04. The molecule has 0 spiro atoms. The van der Waals surface area contributed by atoms with Gasteiger partial charge in [0.05, 0.1) is 9.50 Å². The normalized spacial score (nSPS) is 10.5. The zero-order chi connectivity index (χ0) is 13.8. The number of hydrogen-bond acceptors (Lipinski definition) is 2. The first-order valence-electron chi connectivity index (χ1n) is 5.66. The van der Waals surface area contributed by atoms with Crippen LogP contribution in [0.4, 0.5) is 4.39 Å². The summed E-state index contributed by atoms with van der Waals surface area (Å²) in [6.07, 6.45) is 0. The standard InChI is InChI=1S/C14H12BrClFNO/c15-11-5-1-3-9(7-18)14(11)19-8-10-4-2-6-12(16)13(10)17/h1-6H,7-8,18H2. The van der Waals surface area contributed by atoms with Gasteiger partial charge in [-0.15, -0.1) is 0 Å². The zero-order valence-electron chi connectivity index (χ0n) is 10.00. The van der Waals surface area contributed by atoms with E-state index in [0.717, 1.165) is 10.0 Å². The molecule has 2 N–H and O–H groups in total. The molecule has 0 fully saturated rings. The Hall–Kier alpha value is -1.10. The average Bonchev–Trinajstić information content (AvgIpc) is 2.41. The van der Waals surface area contributed by atoms with E-state index in [4.69, 9.17) is 22.1 Å². The summed E-state index contributed by atoms with van der Waals surface area (Å²) in [6.45, 7) is 0.453. The van der Waals surface area contributed by atoms with Crippen LogP contribution in [0.5, 0.6) is 5.75 Å². The van der Waals surface area contributed by atoms with Crippen LogP contribution in [0, 0.1) is 5.82 Å². The molecule has 2 aromatic rings. The Balaban J connectivity index is 2.21. The summed E-state index contributed by atoms with van der Waals surface area (Å²) in [5.41, 5.74) is 6.91. The van der Waals surface area contributed by atoms with Crippen molar-refractivity contribution in [3.8, 4) is 5.75 Å². The largest absolute Gasteiger partial charge is 0.487 e. The molecule has 5 heteroatoms. The maximum absolute atomic E-state index is 13.7. The van der Waals surface area contributed by atoms with Gasteiger partial charge in [-0.25, -0.2) is 4.39 Å². The van der Waals surface area contributed by atoms with Gasteiger partial charge in [-0.2, -0.15) is 0 Å². The van der Waals surface area contributed by atoms with E-state index in [1.807, 2.05) is 18.2 Å². The van der Waals surface area contributed by atoms with Crippen LogP contribution in [0.2, 0.25) is 5.02 Å². The van der Waals surface area contributed by atoms with Crippen molar-refractivity contribution in [1.82, 2.24) is 0 Å². The van der Waals surface area contributed by atoms with E-state index >= 15 is 0 Å². The van der Waals surface area contributed by atoms with Gasteiger partial charge in [-0.05, 0) is 28.1 Å². The maximum Gasteiger partial charge on any atom is 0.148 e. The van der Waals surface area contributed by atoms with Crippen LogP contribution in [0.3, 0.4) is 0 Å². The summed E-state index contributed by atoms with van der Waals surface area (Å²) in [7, 11) is 0. The van der Waals surface area contributed by atoms with Gasteiger partial charge in [0.2, 0.25) is 0 Å². The van der Waals surface area contributed by atoms with Crippen molar-refractivity contribution in [3.63, 3.8) is 0 Å². The number of halogens is 3.